The van der Waals surface area contributed by atoms with Crippen molar-refractivity contribution in [2.45, 2.75) is 18.2 Å². The van der Waals surface area contributed by atoms with E-state index in [0.717, 1.165) is 12.0 Å². The molecule has 1 nitrogen and oxygen atoms in total. The summed E-state index contributed by atoms with van der Waals surface area (Å²) in [4.78, 5) is 1.24. The maximum Gasteiger partial charge on any atom is 0.141 e. The summed E-state index contributed by atoms with van der Waals surface area (Å²) < 4.78 is 19.3. The van der Waals surface area contributed by atoms with Gasteiger partial charge in [0.15, 0.2) is 0 Å². The molecule has 1 unspecified atom stereocenters. The molecule has 1 aromatic carbocycles. The van der Waals surface area contributed by atoms with E-state index in [1.54, 1.807) is 24.5 Å². The first-order chi connectivity index (χ1) is 9.08. The fourth-order valence-electron chi connectivity index (χ4n) is 1.92. The molecule has 2 rings (SSSR count). The molecule has 2 aromatic rings. The van der Waals surface area contributed by atoms with Gasteiger partial charge >= 0.3 is 0 Å². The Kier molecular flexibility index (Phi) is 5.03. The molecule has 5 heteroatoms. The van der Waals surface area contributed by atoms with Gasteiger partial charge in [0, 0.05) is 16.5 Å². The van der Waals surface area contributed by atoms with E-state index >= 15 is 0 Å². The molecule has 0 amide bonds. The van der Waals surface area contributed by atoms with Crippen molar-refractivity contribution in [3.63, 3.8) is 0 Å². The Morgan fingerprint density at radius 1 is 1.42 bits per heavy atom. The predicted octanol–water partition coefficient (Wildman–Crippen LogP) is 5.71. The highest BCUT2D eigenvalue weighted by atomic mass is 79.9. The number of benzene rings is 1. The third kappa shape index (κ3) is 3.03. The fourth-order valence-corrected chi connectivity index (χ4v) is 4.25. The van der Waals surface area contributed by atoms with Gasteiger partial charge in [-0.2, -0.15) is 0 Å². The van der Waals surface area contributed by atoms with Crippen LogP contribution in [0.5, 0.6) is 5.75 Å². The Labute approximate surface area is 133 Å². The molecule has 0 saturated heterocycles. The third-order valence-electron chi connectivity index (χ3n) is 2.94. The Morgan fingerprint density at radius 3 is 2.79 bits per heavy atom. The Morgan fingerprint density at radius 2 is 2.16 bits per heavy atom. The zero-order valence-corrected chi connectivity index (χ0v) is 14.5. The number of hydrogen-bond donors (Lipinski definition) is 0. The van der Waals surface area contributed by atoms with Gasteiger partial charge in [0.1, 0.15) is 11.6 Å². The van der Waals surface area contributed by atoms with E-state index in [-0.39, 0.29) is 10.6 Å². The van der Waals surface area contributed by atoms with E-state index in [1.807, 2.05) is 0 Å². The fraction of sp³-hybridized carbons (Fsp3) is 0.286. The van der Waals surface area contributed by atoms with E-state index in [1.165, 1.54) is 16.5 Å². The second kappa shape index (κ2) is 6.37. The van der Waals surface area contributed by atoms with Gasteiger partial charge in [0.05, 0.1) is 16.4 Å². The molecule has 0 aliphatic rings. The topological polar surface area (TPSA) is 9.23 Å². The first-order valence-electron chi connectivity index (χ1n) is 5.81. The van der Waals surface area contributed by atoms with Gasteiger partial charge in [-0.15, -0.1) is 11.3 Å². The van der Waals surface area contributed by atoms with Crippen molar-refractivity contribution in [1.29, 1.82) is 0 Å². The zero-order chi connectivity index (χ0) is 14.0. The van der Waals surface area contributed by atoms with Gasteiger partial charge in [-0.05, 0) is 45.4 Å². The molecule has 0 aliphatic heterocycles. The minimum absolute atomic E-state index is 0.00861. The van der Waals surface area contributed by atoms with E-state index in [2.05, 4.69) is 50.2 Å². The van der Waals surface area contributed by atoms with Gasteiger partial charge in [0.25, 0.3) is 0 Å². The van der Waals surface area contributed by atoms with Gasteiger partial charge in [-0.1, -0.05) is 22.9 Å². The zero-order valence-electron chi connectivity index (χ0n) is 10.5. The van der Waals surface area contributed by atoms with Crippen molar-refractivity contribution in [2.24, 2.45) is 0 Å². The van der Waals surface area contributed by atoms with Gasteiger partial charge in [-0.25, -0.2) is 4.39 Å². The molecule has 1 heterocycles. The first-order valence-corrected chi connectivity index (χ1v) is 8.40. The molecule has 0 fully saturated rings. The maximum absolute atomic E-state index is 13.6. The summed E-state index contributed by atoms with van der Waals surface area (Å²) in [7, 11) is 1.56. The summed E-state index contributed by atoms with van der Waals surface area (Å²) in [5.74, 6) is 0.236. The number of halogens is 3. The van der Waals surface area contributed by atoms with Gasteiger partial charge in [-0.3, -0.25) is 0 Å². The van der Waals surface area contributed by atoms with Crippen molar-refractivity contribution in [3.8, 4) is 5.75 Å². The molecule has 1 atom stereocenters. The summed E-state index contributed by atoms with van der Waals surface area (Å²) in [6, 6.07) is 5.30. The molecule has 102 valence electrons. The van der Waals surface area contributed by atoms with Crippen LogP contribution in [0.3, 0.4) is 0 Å². The van der Waals surface area contributed by atoms with Crippen LogP contribution >= 0.6 is 43.2 Å². The summed E-state index contributed by atoms with van der Waals surface area (Å²) in [6.45, 7) is 2.13. The lowest BCUT2D eigenvalue weighted by molar-refractivity contribution is 0.406. The number of methoxy groups -OCH3 is 1. The molecule has 1 aromatic heterocycles. The second-order valence-electron chi connectivity index (χ2n) is 4.03. The SMILES string of the molecule is CCc1ccsc1C(Br)c1cc(Br)c(F)cc1OC. The summed E-state index contributed by atoms with van der Waals surface area (Å²) in [5, 5.41) is 2.08. The lowest BCUT2D eigenvalue weighted by Gasteiger charge is -2.15. The van der Waals surface area contributed by atoms with Crippen LogP contribution in [0.4, 0.5) is 4.39 Å². The molecule has 0 N–H and O–H groups in total. The number of hydrogen-bond acceptors (Lipinski definition) is 2. The smallest absolute Gasteiger partial charge is 0.141 e. The Hall–Kier alpha value is -0.390. The highest BCUT2D eigenvalue weighted by molar-refractivity contribution is 9.10. The average Bonchev–Trinajstić information content (AvgIpc) is 2.88. The quantitative estimate of drug-likeness (QED) is 0.590. The third-order valence-corrected chi connectivity index (χ3v) is 5.82. The standard InChI is InChI=1S/C14H13Br2FOS/c1-3-8-4-5-19-14(8)13(16)9-6-10(15)11(17)7-12(9)18-2/h4-7,13H,3H2,1-2H3. The first kappa shape index (κ1) is 15.0. The molecule has 0 radical (unpaired) electrons. The second-order valence-corrected chi connectivity index (χ2v) is 6.75. The van der Waals surface area contributed by atoms with Crippen molar-refractivity contribution in [2.75, 3.05) is 7.11 Å². The molecule has 19 heavy (non-hydrogen) atoms. The van der Waals surface area contributed by atoms with Crippen LogP contribution < -0.4 is 4.74 Å². The van der Waals surface area contributed by atoms with E-state index in [0.29, 0.717) is 10.2 Å². The van der Waals surface area contributed by atoms with Crippen molar-refractivity contribution >= 4 is 43.2 Å². The van der Waals surface area contributed by atoms with Crippen LogP contribution in [0.25, 0.3) is 0 Å². The molecule has 0 saturated carbocycles. The molecular weight excluding hydrogens is 395 g/mol. The van der Waals surface area contributed by atoms with Crippen LogP contribution in [0, 0.1) is 5.82 Å². The monoisotopic (exact) mass is 406 g/mol. The number of alkyl halides is 1. The Bertz CT molecular complexity index is 583. The van der Waals surface area contributed by atoms with Gasteiger partial charge < -0.3 is 4.74 Å². The minimum atomic E-state index is -0.317. The highest BCUT2D eigenvalue weighted by Crippen LogP contribution is 2.42. The van der Waals surface area contributed by atoms with Crippen molar-refractivity contribution in [3.05, 3.63) is 49.9 Å². The molecule has 0 spiro atoms. The van der Waals surface area contributed by atoms with Crippen LogP contribution in [0.2, 0.25) is 0 Å². The number of rotatable bonds is 4. The summed E-state index contributed by atoms with van der Waals surface area (Å²) in [6.07, 6.45) is 0.978. The molecule has 0 bridgehead atoms. The van der Waals surface area contributed by atoms with E-state index in [4.69, 9.17) is 4.74 Å². The number of ether oxygens (including phenoxy) is 1. The lowest BCUT2D eigenvalue weighted by Crippen LogP contribution is -1.99. The van der Waals surface area contributed by atoms with Gasteiger partial charge in [0.2, 0.25) is 0 Å². The summed E-state index contributed by atoms with van der Waals surface area (Å²) in [5.41, 5.74) is 2.22. The Balaban J connectivity index is 2.49. The number of thiophene rings is 1. The van der Waals surface area contributed by atoms with E-state index < -0.39 is 0 Å². The maximum atomic E-state index is 13.6. The largest absolute Gasteiger partial charge is 0.496 e. The van der Waals surface area contributed by atoms with Crippen LogP contribution in [-0.4, -0.2) is 7.11 Å². The van der Waals surface area contributed by atoms with Crippen molar-refractivity contribution < 1.29 is 9.13 Å². The highest BCUT2D eigenvalue weighted by Gasteiger charge is 2.20. The minimum Gasteiger partial charge on any atom is -0.496 e. The van der Waals surface area contributed by atoms with Crippen molar-refractivity contribution in [1.82, 2.24) is 0 Å². The normalized spacial score (nSPS) is 12.5. The van der Waals surface area contributed by atoms with Crippen LogP contribution in [0.1, 0.15) is 27.8 Å². The lowest BCUT2D eigenvalue weighted by atomic mass is 10.1. The molecular formula is C14H13Br2FOS. The average molecular weight is 408 g/mol. The van der Waals surface area contributed by atoms with E-state index in [9.17, 15) is 4.39 Å². The predicted molar refractivity (Wildman–Crippen MR) is 85.1 cm³/mol. The van der Waals surface area contributed by atoms with Crippen LogP contribution in [-0.2, 0) is 6.42 Å². The van der Waals surface area contributed by atoms with Crippen LogP contribution in [0.15, 0.2) is 28.1 Å². The summed E-state index contributed by atoms with van der Waals surface area (Å²) >= 11 is 8.63. The number of aryl methyl sites for hydroxylation is 1. The molecule has 0 aliphatic carbocycles.